The van der Waals surface area contributed by atoms with Crippen LogP contribution in [0.5, 0.6) is 5.75 Å². The maximum atomic E-state index is 11.8. The van der Waals surface area contributed by atoms with Crippen LogP contribution in [-0.2, 0) is 14.3 Å². The maximum absolute atomic E-state index is 11.8. The molecule has 0 aliphatic carbocycles. The Labute approximate surface area is 144 Å². The van der Waals surface area contributed by atoms with Crippen molar-refractivity contribution in [3.05, 3.63) is 60.2 Å². The molecule has 0 aromatic heterocycles. The van der Waals surface area contributed by atoms with Gasteiger partial charge >= 0.3 is 5.97 Å². The van der Waals surface area contributed by atoms with Crippen molar-refractivity contribution in [3.8, 4) is 5.75 Å². The summed E-state index contributed by atoms with van der Waals surface area (Å²) < 4.78 is 9.87. The highest BCUT2D eigenvalue weighted by molar-refractivity contribution is 5.96. The molecule has 130 valence electrons. The molecular weight excluding hydrogens is 324 g/mol. The number of rotatable bonds is 7. The molecule has 0 fully saturated rings. The number of benzene rings is 2. The van der Waals surface area contributed by atoms with Crippen molar-refractivity contribution in [1.82, 2.24) is 5.32 Å². The summed E-state index contributed by atoms with van der Waals surface area (Å²) in [5.74, 6) is -0.988. The molecule has 0 heterocycles. The van der Waals surface area contributed by atoms with E-state index in [1.54, 1.807) is 54.6 Å². The second kappa shape index (κ2) is 9.07. The van der Waals surface area contributed by atoms with E-state index in [2.05, 4.69) is 10.6 Å². The van der Waals surface area contributed by atoms with Crippen molar-refractivity contribution >= 4 is 23.5 Å². The summed E-state index contributed by atoms with van der Waals surface area (Å²) >= 11 is 0. The quantitative estimate of drug-likeness (QED) is 0.746. The number of carbonyl (C=O) groups excluding carboxylic acids is 3. The number of methoxy groups -OCH3 is 1. The summed E-state index contributed by atoms with van der Waals surface area (Å²) in [5, 5.41) is 5.00. The highest BCUT2D eigenvalue weighted by Crippen LogP contribution is 2.16. The number of ether oxygens (including phenoxy) is 2. The van der Waals surface area contributed by atoms with E-state index >= 15 is 0 Å². The van der Waals surface area contributed by atoms with Crippen LogP contribution in [0.15, 0.2) is 54.6 Å². The topological polar surface area (TPSA) is 93.7 Å². The third-order valence-electron chi connectivity index (χ3n) is 3.15. The standard InChI is InChI=1S/C18H18N2O5/c1-24-15-9-5-8-14(10-15)20-16(21)12-25-17(22)11-19-18(23)13-6-3-2-4-7-13/h2-10H,11-12H2,1H3,(H,19,23)(H,20,21). The lowest BCUT2D eigenvalue weighted by Crippen LogP contribution is -2.32. The van der Waals surface area contributed by atoms with Gasteiger partial charge in [0.25, 0.3) is 11.8 Å². The van der Waals surface area contributed by atoms with Gasteiger partial charge in [0.15, 0.2) is 6.61 Å². The monoisotopic (exact) mass is 342 g/mol. The van der Waals surface area contributed by atoms with Crippen LogP contribution >= 0.6 is 0 Å². The molecule has 7 heteroatoms. The molecule has 0 saturated carbocycles. The predicted molar refractivity (Wildman–Crippen MR) is 91.4 cm³/mol. The smallest absolute Gasteiger partial charge is 0.325 e. The minimum Gasteiger partial charge on any atom is -0.497 e. The Kier molecular flexibility index (Phi) is 6.53. The Balaban J connectivity index is 1.72. The average Bonchev–Trinajstić information content (AvgIpc) is 2.65. The predicted octanol–water partition coefficient (Wildman–Crippen LogP) is 1.61. The number of hydrogen-bond acceptors (Lipinski definition) is 5. The Hall–Kier alpha value is -3.35. The van der Waals surface area contributed by atoms with Gasteiger partial charge in [-0.3, -0.25) is 14.4 Å². The first-order valence-electron chi connectivity index (χ1n) is 7.51. The zero-order valence-electron chi connectivity index (χ0n) is 13.7. The van der Waals surface area contributed by atoms with Gasteiger partial charge < -0.3 is 20.1 Å². The molecule has 0 saturated heterocycles. The summed E-state index contributed by atoms with van der Waals surface area (Å²) in [5.41, 5.74) is 0.962. The van der Waals surface area contributed by atoms with Crippen LogP contribution in [0.3, 0.4) is 0 Å². The van der Waals surface area contributed by atoms with Gasteiger partial charge in [0.1, 0.15) is 12.3 Å². The summed E-state index contributed by atoms with van der Waals surface area (Å²) in [6.45, 7) is -0.766. The van der Waals surface area contributed by atoms with Gasteiger partial charge in [0, 0.05) is 17.3 Å². The number of carbonyl (C=O) groups is 3. The average molecular weight is 342 g/mol. The molecule has 0 bridgehead atoms. The molecule has 0 atom stereocenters. The largest absolute Gasteiger partial charge is 0.497 e. The van der Waals surface area contributed by atoms with Gasteiger partial charge in [-0.25, -0.2) is 0 Å². The van der Waals surface area contributed by atoms with E-state index in [1.165, 1.54) is 7.11 Å². The zero-order valence-corrected chi connectivity index (χ0v) is 13.7. The lowest BCUT2D eigenvalue weighted by atomic mass is 10.2. The summed E-state index contributed by atoms with van der Waals surface area (Å²) in [4.78, 5) is 35.1. The molecular formula is C18H18N2O5. The fourth-order valence-corrected chi connectivity index (χ4v) is 1.94. The fourth-order valence-electron chi connectivity index (χ4n) is 1.94. The van der Waals surface area contributed by atoms with E-state index in [0.717, 1.165) is 0 Å². The molecule has 0 aliphatic rings. The fraction of sp³-hybridized carbons (Fsp3) is 0.167. The zero-order chi connectivity index (χ0) is 18.1. The summed E-state index contributed by atoms with van der Waals surface area (Å²) in [7, 11) is 1.52. The molecule has 0 unspecified atom stereocenters. The molecule has 2 rings (SSSR count). The maximum Gasteiger partial charge on any atom is 0.325 e. The molecule has 0 aliphatic heterocycles. The third kappa shape index (κ3) is 5.98. The second-order valence-electron chi connectivity index (χ2n) is 4.99. The number of nitrogens with one attached hydrogen (secondary N) is 2. The molecule has 0 radical (unpaired) electrons. The van der Waals surface area contributed by atoms with Crippen LogP contribution in [0.2, 0.25) is 0 Å². The number of amides is 2. The van der Waals surface area contributed by atoms with Crippen LogP contribution in [0.1, 0.15) is 10.4 Å². The number of hydrogen-bond donors (Lipinski definition) is 2. The van der Waals surface area contributed by atoms with Crippen molar-refractivity contribution in [2.75, 3.05) is 25.6 Å². The van der Waals surface area contributed by atoms with Gasteiger partial charge in [0.05, 0.1) is 7.11 Å². The highest BCUT2D eigenvalue weighted by Gasteiger charge is 2.11. The number of esters is 1. The minimum atomic E-state index is -0.704. The van der Waals surface area contributed by atoms with E-state index in [9.17, 15) is 14.4 Å². The van der Waals surface area contributed by atoms with Crippen LogP contribution < -0.4 is 15.4 Å². The van der Waals surface area contributed by atoms with Gasteiger partial charge in [0.2, 0.25) is 0 Å². The van der Waals surface area contributed by atoms with E-state index in [1.807, 2.05) is 0 Å². The van der Waals surface area contributed by atoms with E-state index in [0.29, 0.717) is 17.0 Å². The molecule has 2 N–H and O–H groups in total. The Morgan fingerprint density at radius 2 is 1.76 bits per heavy atom. The molecule has 0 spiro atoms. The van der Waals surface area contributed by atoms with Crippen molar-refractivity contribution < 1.29 is 23.9 Å². The SMILES string of the molecule is COc1cccc(NC(=O)COC(=O)CNC(=O)c2ccccc2)c1. The van der Waals surface area contributed by atoms with Crippen molar-refractivity contribution in [2.45, 2.75) is 0 Å². The molecule has 2 aromatic rings. The number of anilines is 1. The van der Waals surface area contributed by atoms with Gasteiger partial charge in [-0.15, -0.1) is 0 Å². The van der Waals surface area contributed by atoms with Crippen LogP contribution in [0, 0.1) is 0 Å². The van der Waals surface area contributed by atoms with E-state index in [-0.39, 0.29) is 6.54 Å². The summed E-state index contributed by atoms with van der Waals surface area (Å²) in [6, 6.07) is 15.3. The Morgan fingerprint density at radius 3 is 2.48 bits per heavy atom. The third-order valence-corrected chi connectivity index (χ3v) is 3.15. The lowest BCUT2D eigenvalue weighted by molar-refractivity contribution is -0.146. The van der Waals surface area contributed by atoms with E-state index in [4.69, 9.17) is 9.47 Å². The first-order chi connectivity index (χ1) is 12.1. The second-order valence-corrected chi connectivity index (χ2v) is 4.99. The highest BCUT2D eigenvalue weighted by atomic mass is 16.5. The van der Waals surface area contributed by atoms with Crippen LogP contribution in [0.4, 0.5) is 5.69 Å². The lowest BCUT2D eigenvalue weighted by Gasteiger charge is -2.08. The molecule has 25 heavy (non-hydrogen) atoms. The van der Waals surface area contributed by atoms with Crippen molar-refractivity contribution in [2.24, 2.45) is 0 Å². The van der Waals surface area contributed by atoms with E-state index < -0.39 is 24.4 Å². The van der Waals surface area contributed by atoms with Crippen LogP contribution in [-0.4, -0.2) is 38.0 Å². The first kappa shape index (κ1) is 18.0. The molecule has 2 aromatic carbocycles. The normalized spacial score (nSPS) is 9.80. The summed E-state index contributed by atoms with van der Waals surface area (Å²) in [6.07, 6.45) is 0. The molecule has 2 amide bonds. The van der Waals surface area contributed by atoms with Crippen molar-refractivity contribution in [1.29, 1.82) is 0 Å². The Morgan fingerprint density at radius 1 is 1.00 bits per heavy atom. The van der Waals surface area contributed by atoms with Gasteiger partial charge in [-0.1, -0.05) is 24.3 Å². The van der Waals surface area contributed by atoms with Gasteiger partial charge in [-0.2, -0.15) is 0 Å². The molecule has 7 nitrogen and oxygen atoms in total. The van der Waals surface area contributed by atoms with Crippen molar-refractivity contribution in [3.63, 3.8) is 0 Å². The van der Waals surface area contributed by atoms with Crippen LogP contribution in [0.25, 0.3) is 0 Å². The van der Waals surface area contributed by atoms with Gasteiger partial charge in [-0.05, 0) is 24.3 Å². The Bertz CT molecular complexity index is 746. The first-order valence-corrected chi connectivity index (χ1v) is 7.51. The minimum absolute atomic E-state index is 0.319.